The average molecular weight is 245 g/mol. The van der Waals surface area contributed by atoms with Crippen molar-refractivity contribution in [2.45, 2.75) is 51.5 Å². The number of rotatable bonds is 10. The normalized spacial score (nSPS) is 14.4. The van der Waals surface area contributed by atoms with E-state index in [1.807, 2.05) is 6.92 Å². The van der Waals surface area contributed by atoms with Crippen molar-refractivity contribution in [3.05, 3.63) is 0 Å². The number of unbranched alkanes of at least 4 members (excludes halogenated alkanes) is 3. The minimum Gasteiger partial charge on any atom is -0.468 e. The van der Waals surface area contributed by atoms with Crippen LogP contribution in [-0.4, -0.2) is 38.9 Å². The van der Waals surface area contributed by atoms with Crippen LogP contribution in [0.5, 0.6) is 0 Å². The molecule has 0 heterocycles. The zero-order valence-corrected chi connectivity index (χ0v) is 11.7. The van der Waals surface area contributed by atoms with Gasteiger partial charge in [-0.1, -0.05) is 26.2 Å². The Morgan fingerprint density at radius 1 is 1.24 bits per heavy atom. The minimum atomic E-state index is -0.641. The summed E-state index contributed by atoms with van der Waals surface area (Å²) in [6.45, 7) is 5.38. The van der Waals surface area contributed by atoms with Crippen LogP contribution in [0.2, 0.25) is 0 Å². The first kappa shape index (κ1) is 16.4. The summed E-state index contributed by atoms with van der Waals surface area (Å²) in [5.74, 6) is -0.241. The Morgan fingerprint density at radius 2 is 1.94 bits per heavy atom. The third-order valence-corrected chi connectivity index (χ3v) is 3.08. The predicted octanol–water partition coefficient (Wildman–Crippen LogP) is 2.12. The smallest absolute Gasteiger partial charge is 0.325 e. The fraction of sp³-hybridized carbons (Fsp3) is 0.923. The quantitative estimate of drug-likeness (QED) is 0.473. The molecule has 0 saturated carbocycles. The molecule has 0 amide bonds. The number of ether oxygens (including phenoxy) is 2. The van der Waals surface area contributed by atoms with Gasteiger partial charge in [-0.15, -0.1) is 0 Å². The summed E-state index contributed by atoms with van der Waals surface area (Å²) in [7, 11) is 3.17. The lowest BCUT2D eigenvalue weighted by Gasteiger charge is -2.25. The Labute approximate surface area is 105 Å². The van der Waals surface area contributed by atoms with Gasteiger partial charge in [0.15, 0.2) is 0 Å². The van der Waals surface area contributed by atoms with Crippen molar-refractivity contribution in [2.75, 3.05) is 27.4 Å². The molecule has 4 heteroatoms. The van der Waals surface area contributed by atoms with E-state index in [4.69, 9.17) is 9.47 Å². The molecule has 0 aromatic carbocycles. The molecule has 0 saturated heterocycles. The molecule has 0 bridgehead atoms. The SMILES string of the molecule is CCCCCCOCCC(C)(NC)C(=O)OC. The molecule has 1 N–H and O–H groups in total. The number of methoxy groups -OCH3 is 1. The molecule has 0 aliphatic heterocycles. The second-order valence-corrected chi connectivity index (χ2v) is 4.50. The van der Waals surface area contributed by atoms with Crippen molar-refractivity contribution in [3.8, 4) is 0 Å². The monoisotopic (exact) mass is 245 g/mol. The number of hydrogen-bond acceptors (Lipinski definition) is 4. The van der Waals surface area contributed by atoms with Gasteiger partial charge < -0.3 is 14.8 Å². The first-order valence-electron chi connectivity index (χ1n) is 6.45. The van der Waals surface area contributed by atoms with E-state index in [0.29, 0.717) is 13.0 Å². The summed E-state index contributed by atoms with van der Waals surface area (Å²) in [6, 6.07) is 0. The van der Waals surface area contributed by atoms with Gasteiger partial charge in [0.05, 0.1) is 7.11 Å². The summed E-state index contributed by atoms with van der Waals surface area (Å²) < 4.78 is 10.3. The molecule has 1 atom stereocenters. The lowest BCUT2D eigenvalue weighted by Crippen LogP contribution is -2.49. The number of likely N-dealkylation sites (N-methyl/N-ethyl adjacent to an activating group) is 1. The molecular formula is C13H27NO3. The van der Waals surface area contributed by atoms with Crippen LogP contribution in [0.3, 0.4) is 0 Å². The highest BCUT2D eigenvalue weighted by atomic mass is 16.5. The maximum atomic E-state index is 11.5. The van der Waals surface area contributed by atoms with Crippen molar-refractivity contribution in [2.24, 2.45) is 0 Å². The summed E-state index contributed by atoms with van der Waals surface area (Å²) in [5.41, 5.74) is -0.641. The van der Waals surface area contributed by atoms with Gasteiger partial charge >= 0.3 is 5.97 Å². The molecule has 0 aliphatic rings. The van der Waals surface area contributed by atoms with Crippen LogP contribution in [0.15, 0.2) is 0 Å². The number of esters is 1. The van der Waals surface area contributed by atoms with Crippen molar-refractivity contribution in [1.29, 1.82) is 0 Å². The van der Waals surface area contributed by atoms with Crippen LogP contribution in [0.25, 0.3) is 0 Å². The second kappa shape index (κ2) is 9.42. The highest BCUT2D eigenvalue weighted by Gasteiger charge is 2.31. The zero-order valence-electron chi connectivity index (χ0n) is 11.7. The van der Waals surface area contributed by atoms with E-state index in [1.165, 1.54) is 26.4 Å². The molecule has 4 nitrogen and oxygen atoms in total. The molecule has 0 radical (unpaired) electrons. The molecule has 17 heavy (non-hydrogen) atoms. The summed E-state index contributed by atoms with van der Waals surface area (Å²) in [6.07, 6.45) is 5.45. The first-order chi connectivity index (χ1) is 8.10. The Morgan fingerprint density at radius 3 is 2.47 bits per heavy atom. The van der Waals surface area contributed by atoms with Gasteiger partial charge in [-0.05, 0) is 26.8 Å². The largest absolute Gasteiger partial charge is 0.468 e. The highest BCUT2D eigenvalue weighted by Crippen LogP contribution is 2.11. The van der Waals surface area contributed by atoms with Crippen molar-refractivity contribution in [1.82, 2.24) is 5.32 Å². The van der Waals surface area contributed by atoms with E-state index in [2.05, 4.69) is 12.2 Å². The molecular weight excluding hydrogens is 218 g/mol. The number of hydrogen-bond donors (Lipinski definition) is 1. The van der Waals surface area contributed by atoms with E-state index in [9.17, 15) is 4.79 Å². The molecule has 0 fully saturated rings. The molecule has 0 aromatic rings. The standard InChI is InChI=1S/C13H27NO3/c1-5-6-7-8-10-17-11-9-13(2,14-3)12(15)16-4/h14H,5-11H2,1-4H3. The molecule has 0 aliphatic carbocycles. The number of carbonyl (C=O) groups is 1. The van der Waals surface area contributed by atoms with Gasteiger partial charge in [0.1, 0.15) is 5.54 Å². The van der Waals surface area contributed by atoms with Crippen molar-refractivity contribution in [3.63, 3.8) is 0 Å². The molecule has 1 unspecified atom stereocenters. The molecule has 102 valence electrons. The lowest BCUT2D eigenvalue weighted by molar-refractivity contribution is -0.148. The summed E-state index contributed by atoms with van der Waals surface area (Å²) >= 11 is 0. The van der Waals surface area contributed by atoms with Gasteiger partial charge in [0, 0.05) is 13.2 Å². The fourth-order valence-corrected chi connectivity index (χ4v) is 1.56. The maximum absolute atomic E-state index is 11.5. The van der Waals surface area contributed by atoms with Crippen molar-refractivity contribution >= 4 is 5.97 Å². The highest BCUT2D eigenvalue weighted by molar-refractivity contribution is 5.80. The van der Waals surface area contributed by atoms with Gasteiger partial charge in [0.2, 0.25) is 0 Å². The average Bonchev–Trinajstić information content (AvgIpc) is 2.36. The predicted molar refractivity (Wildman–Crippen MR) is 69.1 cm³/mol. The van der Waals surface area contributed by atoms with Crippen LogP contribution < -0.4 is 5.32 Å². The third kappa shape index (κ3) is 6.64. The Kier molecular flexibility index (Phi) is 9.09. The summed E-state index contributed by atoms with van der Waals surface area (Å²) in [4.78, 5) is 11.5. The van der Waals surface area contributed by atoms with E-state index < -0.39 is 5.54 Å². The van der Waals surface area contributed by atoms with Crippen LogP contribution >= 0.6 is 0 Å². The molecule has 0 rings (SSSR count). The van der Waals surface area contributed by atoms with Gasteiger partial charge in [-0.3, -0.25) is 4.79 Å². The van der Waals surface area contributed by atoms with Gasteiger partial charge in [-0.25, -0.2) is 0 Å². The minimum absolute atomic E-state index is 0.241. The van der Waals surface area contributed by atoms with E-state index in [1.54, 1.807) is 7.05 Å². The molecule has 0 spiro atoms. The third-order valence-electron chi connectivity index (χ3n) is 3.08. The Balaban J connectivity index is 3.67. The first-order valence-corrected chi connectivity index (χ1v) is 6.45. The Bertz CT molecular complexity index is 209. The number of carbonyl (C=O) groups excluding carboxylic acids is 1. The van der Waals surface area contributed by atoms with E-state index >= 15 is 0 Å². The van der Waals surface area contributed by atoms with Crippen LogP contribution in [0.1, 0.15) is 46.0 Å². The summed E-state index contributed by atoms with van der Waals surface area (Å²) in [5, 5.41) is 2.99. The molecule has 0 aromatic heterocycles. The zero-order chi connectivity index (χ0) is 13.1. The van der Waals surface area contributed by atoms with E-state index in [0.717, 1.165) is 13.0 Å². The maximum Gasteiger partial charge on any atom is 0.325 e. The van der Waals surface area contributed by atoms with Gasteiger partial charge in [-0.2, -0.15) is 0 Å². The van der Waals surface area contributed by atoms with Crippen molar-refractivity contribution < 1.29 is 14.3 Å². The van der Waals surface area contributed by atoms with Crippen LogP contribution in [0.4, 0.5) is 0 Å². The van der Waals surface area contributed by atoms with Gasteiger partial charge in [0.25, 0.3) is 0 Å². The van der Waals surface area contributed by atoms with Crippen LogP contribution in [-0.2, 0) is 14.3 Å². The number of nitrogens with one attached hydrogen (secondary N) is 1. The lowest BCUT2D eigenvalue weighted by atomic mass is 9.99. The fourth-order valence-electron chi connectivity index (χ4n) is 1.56. The van der Waals surface area contributed by atoms with E-state index in [-0.39, 0.29) is 5.97 Å². The van der Waals surface area contributed by atoms with Crippen LogP contribution in [0, 0.1) is 0 Å². The Hall–Kier alpha value is -0.610. The second-order valence-electron chi connectivity index (χ2n) is 4.50. The topological polar surface area (TPSA) is 47.6 Å².